The molecule has 0 aliphatic carbocycles. The number of aryl methyl sites for hydroxylation is 2. The predicted molar refractivity (Wildman–Crippen MR) is 76.8 cm³/mol. The lowest BCUT2D eigenvalue weighted by Crippen LogP contribution is -2.46. The SMILES string of the molecule is CCc1nn(C)cc1NC(=O)N1C(C)SCC1C(=O)O. The number of amides is 2. The van der Waals surface area contributed by atoms with Gasteiger partial charge in [0.25, 0.3) is 0 Å². The first-order chi connectivity index (χ1) is 9.43. The summed E-state index contributed by atoms with van der Waals surface area (Å²) in [5.41, 5.74) is 1.42. The van der Waals surface area contributed by atoms with E-state index in [2.05, 4.69) is 10.4 Å². The number of nitrogens with one attached hydrogen (secondary N) is 1. The van der Waals surface area contributed by atoms with Crippen LogP contribution in [0.15, 0.2) is 6.20 Å². The second-order valence-electron chi connectivity index (χ2n) is 4.64. The van der Waals surface area contributed by atoms with Crippen LogP contribution in [0, 0.1) is 0 Å². The molecule has 2 rings (SSSR count). The molecule has 1 aromatic heterocycles. The van der Waals surface area contributed by atoms with Crippen molar-refractivity contribution in [1.82, 2.24) is 14.7 Å². The van der Waals surface area contributed by atoms with E-state index in [1.54, 1.807) is 17.9 Å². The molecule has 20 heavy (non-hydrogen) atoms. The second kappa shape index (κ2) is 5.74. The summed E-state index contributed by atoms with van der Waals surface area (Å²) in [6, 6.07) is -1.17. The largest absolute Gasteiger partial charge is 0.480 e. The van der Waals surface area contributed by atoms with Crippen LogP contribution in [0.1, 0.15) is 19.5 Å². The molecule has 2 atom stereocenters. The van der Waals surface area contributed by atoms with Crippen molar-refractivity contribution < 1.29 is 14.7 Å². The average molecular weight is 298 g/mol. The molecule has 0 aromatic carbocycles. The number of anilines is 1. The molecule has 1 fully saturated rings. The highest BCUT2D eigenvalue weighted by Crippen LogP contribution is 2.29. The number of nitrogens with zero attached hydrogens (tertiary/aromatic N) is 3. The van der Waals surface area contributed by atoms with E-state index in [1.165, 1.54) is 16.7 Å². The molecular formula is C12H18N4O3S. The van der Waals surface area contributed by atoms with E-state index < -0.39 is 18.0 Å². The van der Waals surface area contributed by atoms with Gasteiger partial charge in [-0.05, 0) is 13.3 Å². The van der Waals surface area contributed by atoms with Gasteiger partial charge >= 0.3 is 12.0 Å². The van der Waals surface area contributed by atoms with Crippen LogP contribution in [-0.4, -0.2) is 49.0 Å². The van der Waals surface area contributed by atoms with Gasteiger partial charge in [0.1, 0.15) is 6.04 Å². The third-order valence-electron chi connectivity index (χ3n) is 3.22. The van der Waals surface area contributed by atoms with Crippen LogP contribution in [-0.2, 0) is 18.3 Å². The number of carboxylic acid groups (broad SMARTS) is 1. The topological polar surface area (TPSA) is 87.5 Å². The third kappa shape index (κ3) is 2.74. The van der Waals surface area contributed by atoms with Crippen LogP contribution in [0.3, 0.4) is 0 Å². The number of aliphatic carboxylic acids is 1. The first-order valence-corrected chi connectivity index (χ1v) is 7.45. The van der Waals surface area contributed by atoms with Gasteiger partial charge in [0, 0.05) is 19.0 Å². The standard InChI is InChI=1S/C12H18N4O3S/c1-4-8-9(5-15(3)14-8)13-12(19)16-7(2)20-6-10(16)11(17)18/h5,7,10H,4,6H2,1-3H3,(H,13,19)(H,17,18). The quantitative estimate of drug-likeness (QED) is 0.880. The Morgan fingerprint density at radius 2 is 2.30 bits per heavy atom. The van der Waals surface area contributed by atoms with Crippen LogP contribution in [0.5, 0.6) is 0 Å². The summed E-state index contributed by atoms with van der Waals surface area (Å²) >= 11 is 1.46. The molecule has 1 aromatic rings. The zero-order valence-corrected chi connectivity index (χ0v) is 12.5. The number of thioether (sulfide) groups is 1. The number of carboxylic acids is 1. The van der Waals surface area contributed by atoms with Gasteiger partial charge in [-0.25, -0.2) is 9.59 Å². The molecule has 0 spiro atoms. The molecule has 0 radical (unpaired) electrons. The van der Waals surface area contributed by atoms with Gasteiger partial charge in [0.2, 0.25) is 0 Å². The van der Waals surface area contributed by atoms with Crippen molar-refractivity contribution in [2.75, 3.05) is 11.1 Å². The Labute approximate surface area is 121 Å². The first-order valence-electron chi connectivity index (χ1n) is 6.40. The molecule has 110 valence electrons. The molecule has 2 amide bonds. The molecule has 2 unspecified atom stereocenters. The Bertz CT molecular complexity index is 531. The molecule has 1 saturated heterocycles. The zero-order valence-electron chi connectivity index (χ0n) is 11.7. The van der Waals surface area contributed by atoms with Gasteiger partial charge in [-0.1, -0.05) is 6.92 Å². The Hall–Kier alpha value is -1.70. The van der Waals surface area contributed by atoms with E-state index in [4.69, 9.17) is 5.11 Å². The van der Waals surface area contributed by atoms with E-state index in [9.17, 15) is 9.59 Å². The molecule has 8 heteroatoms. The molecule has 0 saturated carbocycles. The van der Waals surface area contributed by atoms with Crippen LogP contribution in [0.4, 0.5) is 10.5 Å². The van der Waals surface area contributed by atoms with Crippen LogP contribution >= 0.6 is 11.8 Å². The van der Waals surface area contributed by atoms with Gasteiger partial charge in [-0.2, -0.15) is 5.10 Å². The lowest BCUT2D eigenvalue weighted by atomic mass is 10.3. The summed E-state index contributed by atoms with van der Waals surface area (Å²) < 4.78 is 1.63. The van der Waals surface area contributed by atoms with Crippen molar-refractivity contribution in [3.63, 3.8) is 0 Å². The maximum Gasteiger partial charge on any atom is 0.327 e. The van der Waals surface area contributed by atoms with Gasteiger partial charge in [0.15, 0.2) is 0 Å². The van der Waals surface area contributed by atoms with Crippen molar-refractivity contribution >= 4 is 29.4 Å². The average Bonchev–Trinajstić information content (AvgIpc) is 2.92. The second-order valence-corrected chi connectivity index (χ2v) is 5.99. The fraction of sp³-hybridized carbons (Fsp3) is 0.583. The monoisotopic (exact) mass is 298 g/mol. The van der Waals surface area contributed by atoms with E-state index in [0.29, 0.717) is 17.9 Å². The highest BCUT2D eigenvalue weighted by atomic mass is 32.2. The number of rotatable bonds is 3. The Balaban J connectivity index is 2.16. The molecule has 2 N–H and O–H groups in total. The maximum absolute atomic E-state index is 12.3. The fourth-order valence-electron chi connectivity index (χ4n) is 2.22. The van der Waals surface area contributed by atoms with Gasteiger partial charge < -0.3 is 10.4 Å². The number of hydrogen-bond acceptors (Lipinski definition) is 4. The van der Waals surface area contributed by atoms with Crippen LogP contribution < -0.4 is 5.32 Å². The molecule has 1 aliphatic heterocycles. The van der Waals surface area contributed by atoms with Crippen molar-refractivity contribution in [3.8, 4) is 0 Å². The highest BCUT2D eigenvalue weighted by molar-refractivity contribution is 8.00. The normalized spacial score (nSPS) is 22.1. The van der Waals surface area contributed by atoms with E-state index in [0.717, 1.165) is 5.69 Å². The Kier molecular flexibility index (Phi) is 4.22. The van der Waals surface area contributed by atoms with Gasteiger partial charge in [-0.3, -0.25) is 9.58 Å². The van der Waals surface area contributed by atoms with Crippen molar-refractivity contribution in [2.24, 2.45) is 7.05 Å². The van der Waals surface area contributed by atoms with Crippen molar-refractivity contribution in [2.45, 2.75) is 31.7 Å². The van der Waals surface area contributed by atoms with E-state index >= 15 is 0 Å². The first kappa shape index (κ1) is 14.7. The van der Waals surface area contributed by atoms with Crippen LogP contribution in [0.2, 0.25) is 0 Å². The summed E-state index contributed by atoms with van der Waals surface area (Å²) in [5.74, 6) is -0.559. The van der Waals surface area contributed by atoms with Crippen molar-refractivity contribution in [1.29, 1.82) is 0 Å². The Morgan fingerprint density at radius 3 is 2.90 bits per heavy atom. The summed E-state index contributed by atoms with van der Waals surface area (Å²) in [7, 11) is 1.78. The summed E-state index contributed by atoms with van der Waals surface area (Å²) in [4.78, 5) is 24.9. The number of aromatic nitrogens is 2. The van der Waals surface area contributed by atoms with Crippen molar-refractivity contribution in [3.05, 3.63) is 11.9 Å². The Morgan fingerprint density at radius 1 is 1.60 bits per heavy atom. The van der Waals surface area contributed by atoms with Gasteiger partial charge in [0.05, 0.1) is 16.8 Å². The molecule has 1 aliphatic rings. The van der Waals surface area contributed by atoms with E-state index in [1.807, 2.05) is 13.8 Å². The fourth-order valence-corrected chi connectivity index (χ4v) is 3.39. The minimum absolute atomic E-state index is 0.155. The highest BCUT2D eigenvalue weighted by Gasteiger charge is 2.39. The molecule has 0 bridgehead atoms. The molecular weight excluding hydrogens is 280 g/mol. The minimum atomic E-state index is -0.973. The predicted octanol–water partition coefficient (Wildman–Crippen LogP) is 1.36. The van der Waals surface area contributed by atoms with Crippen LogP contribution in [0.25, 0.3) is 0 Å². The summed E-state index contributed by atoms with van der Waals surface area (Å²) in [6.45, 7) is 3.78. The number of carbonyl (C=O) groups is 2. The maximum atomic E-state index is 12.3. The van der Waals surface area contributed by atoms with E-state index in [-0.39, 0.29) is 5.37 Å². The smallest absolute Gasteiger partial charge is 0.327 e. The third-order valence-corrected chi connectivity index (χ3v) is 4.44. The lowest BCUT2D eigenvalue weighted by Gasteiger charge is -2.25. The molecule has 2 heterocycles. The van der Waals surface area contributed by atoms with Gasteiger partial charge in [-0.15, -0.1) is 11.8 Å². The summed E-state index contributed by atoms with van der Waals surface area (Å²) in [5, 5.41) is 16.0. The number of hydrogen-bond donors (Lipinski definition) is 2. The lowest BCUT2D eigenvalue weighted by molar-refractivity contribution is -0.141. The summed E-state index contributed by atoms with van der Waals surface area (Å²) in [6.07, 6.45) is 2.42. The number of urea groups is 1. The molecule has 7 nitrogen and oxygen atoms in total. The number of carbonyl (C=O) groups excluding carboxylic acids is 1. The zero-order chi connectivity index (χ0) is 14.9. The minimum Gasteiger partial charge on any atom is -0.480 e.